The van der Waals surface area contributed by atoms with Crippen LogP contribution in [0.15, 0.2) is 48.5 Å². The number of piperazine rings is 1. The van der Waals surface area contributed by atoms with Crippen molar-refractivity contribution in [2.45, 2.75) is 76.2 Å². The van der Waals surface area contributed by atoms with Crippen molar-refractivity contribution in [1.82, 2.24) is 9.80 Å². The van der Waals surface area contributed by atoms with Gasteiger partial charge in [0.2, 0.25) is 0 Å². The molecule has 1 saturated heterocycles. The first-order valence-corrected chi connectivity index (χ1v) is 16.7. The SMILES string of the molecule is CCN1C2CCc3cc(OC)c(OC)cc3[C@@H]1[C@@H]1Cc3cc(OC)c(OC)cc3[C@H](COC(=O)CCc3cccc(OC)c3)N1[C@H]2C. The fraction of sp³-hybridized carbons (Fsp3) is 0.500. The predicted octanol–water partition coefficient (Wildman–Crippen LogP) is 5.95. The Hall–Kier alpha value is -3.95. The van der Waals surface area contributed by atoms with Gasteiger partial charge in [0, 0.05) is 24.5 Å². The van der Waals surface area contributed by atoms with Gasteiger partial charge in [-0.1, -0.05) is 19.1 Å². The lowest BCUT2D eigenvalue weighted by atomic mass is 9.78. The molecule has 9 nitrogen and oxygen atoms in total. The fourth-order valence-electron chi connectivity index (χ4n) is 8.36. The molecule has 5 atom stereocenters. The highest BCUT2D eigenvalue weighted by Crippen LogP contribution is 2.52. The number of hydrogen-bond donors (Lipinski definition) is 0. The van der Waals surface area contributed by atoms with Crippen molar-refractivity contribution < 1.29 is 33.2 Å². The minimum Gasteiger partial charge on any atom is -0.497 e. The maximum Gasteiger partial charge on any atom is 0.306 e. The summed E-state index contributed by atoms with van der Waals surface area (Å²) in [5.74, 6) is 3.46. The van der Waals surface area contributed by atoms with E-state index in [1.807, 2.05) is 24.3 Å². The lowest BCUT2D eigenvalue weighted by molar-refractivity contribution is -0.150. The fourth-order valence-corrected chi connectivity index (χ4v) is 8.36. The number of carbonyl (C=O) groups is 1. The molecular formula is C38H48N2O7. The van der Waals surface area contributed by atoms with Crippen molar-refractivity contribution in [3.63, 3.8) is 0 Å². The smallest absolute Gasteiger partial charge is 0.306 e. The van der Waals surface area contributed by atoms with Crippen LogP contribution in [0.2, 0.25) is 0 Å². The van der Waals surface area contributed by atoms with E-state index in [0.29, 0.717) is 30.4 Å². The van der Waals surface area contributed by atoms with Crippen LogP contribution in [0.1, 0.15) is 66.6 Å². The van der Waals surface area contributed by atoms with Crippen LogP contribution in [-0.4, -0.2) is 82.6 Å². The van der Waals surface area contributed by atoms with E-state index in [1.54, 1.807) is 35.5 Å². The van der Waals surface area contributed by atoms with E-state index in [9.17, 15) is 4.79 Å². The summed E-state index contributed by atoms with van der Waals surface area (Å²) in [6.45, 7) is 5.79. The first-order valence-electron chi connectivity index (χ1n) is 16.7. The van der Waals surface area contributed by atoms with Crippen molar-refractivity contribution in [2.24, 2.45) is 0 Å². The number of ether oxygens (including phenoxy) is 6. The molecule has 2 bridgehead atoms. The molecule has 0 amide bonds. The first-order chi connectivity index (χ1) is 22.8. The molecule has 1 fully saturated rings. The van der Waals surface area contributed by atoms with Gasteiger partial charge < -0.3 is 28.4 Å². The van der Waals surface area contributed by atoms with Crippen LogP contribution >= 0.6 is 0 Å². The van der Waals surface area contributed by atoms with Crippen LogP contribution in [0, 0.1) is 0 Å². The van der Waals surface area contributed by atoms with Crippen molar-refractivity contribution in [1.29, 1.82) is 0 Å². The van der Waals surface area contributed by atoms with E-state index in [0.717, 1.165) is 54.2 Å². The van der Waals surface area contributed by atoms with Gasteiger partial charge in [-0.15, -0.1) is 0 Å². The molecule has 0 aromatic heterocycles. The summed E-state index contributed by atoms with van der Waals surface area (Å²) in [5.41, 5.74) is 5.95. The van der Waals surface area contributed by atoms with Crippen LogP contribution in [0.5, 0.6) is 28.7 Å². The van der Waals surface area contributed by atoms with Gasteiger partial charge in [0.05, 0.1) is 47.6 Å². The van der Waals surface area contributed by atoms with Crippen LogP contribution in [0.4, 0.5) is 0 Å². The summed E-state index contributed by atoms with van der Waals surface area (Å²) in [6, 6.07) is 17.0. The van der Waals surface area contributed by atoms with E-state index >= 15 is 0 Å². The van der Waals surface area contributed by atoms with E-state index < -0.39 is 0 Å². The van der Waals surface area contributed by atoms with E-state index in [1.165, 1.54) is 16.7 Å². The maximum absolute atomic E-state index is 13.3. The van der Waals surface area contributed by atoms with Gasteiger partial charge in [0.1, 0.15) is 12.4 Å². The minimum absolute atomic E-state index is 0.117. The average molecular weight is 645 g/mol. The van der Waals surface area contributed by atoms with Crippen molar-refractivity contribution >= 4 is 5.97 Å². The highest BCUT2D eigenvalue weighted by molar-refractivity contribution is 5.70. The van der Waals surface area contributed by atoms with Crippen LogP contribution < -0.4 is 23.7 Å². The summed E-state index contributed by atoms with van der Waals surface area (Å²) in [6.07, 6.45) is 3.67. The molecule has 0 spiro atoms. The molecule has 3 aromatic rings. The van der Waals surface area contributed by atoms with Gasteiger partial charge in [-0.2, -0.15) is 0 Å². The Kier molecular flexibility index (Phi) is 9.85. The van der Waals surface area contributed by atoms with Gasteiger partial charge in [-0.3, -0.25) is 14.6 Å². The number of benzene rings is 3. The molecular weight excluding hydrogens is 596 g/mol. The summed E-state index contributed by atoms with van der Waals surface area (Å²) in [7, 11) is 8.39. The number of methoxy groups -OCH3 is 5. The normalized spacial score (nSPS) is 23.4. The second-order valence-corrected chi connectivity index (χ2v) is 12.7. The van der Waals surface area contributed by atoms with Crippen LogP contribution in [-0.2, 0) is 28.8 Å². The van der Waals surface area contributed by atoms with Gasteiger partial charge in [0.15, 0.2) is 23.0 Å². The van der Waals surface area contributed by atoms with Gasteiger partial charge in [-0.05, 0) is 103 Å². The van der Waals surface area contributed by atoms with Crippen LogP contribution in [0.25, 0.3) is 0 Å². The van der Waals surface area contributed by atoms with Gasteiger partial charge >= 0.3 is 5.97 Å². The Bertz CT molecular complexity index is 1590. The molecule has 252 valence electrons. The molecule has 3 aliphatic heterocycles. The largest absolute Gasteiger partial charge is 0.497 e. The maximum atomic E-state index is 13.3. The number of likely N-dealkylation sites (N-methyl/N-ethyl adjacent to an activating group) is 1. The average Bonchev–Trinajstić information content (AvgIpc) is 3.24. The number of hydrogen-bond acceptors (Lipinski definition) is 9. The van der Waals surface area contributed by atoms with E-state index in [2.05, 4.69) is 47.9 Å². The molecule has 0 N–H and O–H groups in total. The van der Waals surface area contributed by atoms with Gasteiger partial charge in [0.25, 0.3) is 0 Å². The highest BCUT2D eigenvalue weighted by atomic mass is 16.5. The lowest BCUT2D eigenvalue weighted by Gasteiger charge is -2.59. The van der Waals surface area contributed by atoms with Crippen LogP contribution in [0.3, 0.4) is 0 Å². The molecule has 3 heterocycles. The quantitative estimate of drug-likeness (QED) is 0.235. The Labute approximate surface area is 278 Å². The topological polar surface area (TPSA) is 78.9 Å². The minimum atomic E-state index is -0.212. The Morgan fingerprint density at radius 3 is 2.13 bits per heavy atom. The summed E-state index contributed by atoms with van der Waals surface area (Å²) in [5, 5.41) is 0. The van der Waals surface area contributed by atoms with Crippen molar-refractivity contribution in [2.75, 3.05) is 48.7 Å². The Balaban J connectivity index is 1.38. The van der Waals surface area contributed by atoms with Crippen molar-refractivity contribution in [3.8, 4) is 28.7 Å². The molecule has 47 heavy (non-hydrogen) atoms. The Morgan fingerprint density at radius 1 is 0.809 bits per heavy atom. The molecule has 6 rings (SSSR count). The number of fused-ring (bicyclic) bond motifs is 7. The second-order valence-electron chi connectivity index (χ2n) is 12.7. The third-order valence-electron chi connectivity index (χ3n) is 10.5. The zero-order valence-electron chi connectivity index (χ0n) is 28.7. The zero-order valence-corrected chi connectivity index (χ0v) is 28.7. The summed E-state index contributed by atoms with van der Waals surface area (Å²) in [4.78, 5) is 18.6. The molecule has 9 heteroatoms. The standard InChI is InChI=1S/C38H48N2O7/c1-8-39-30-14-13-25-18-33(43-4)36(46-7)21-29(25)38(39)31-17-26-19-34(44-5)35(45-6)20-28(26)32(40(31)23(30)2)22-47-37(41)15-12-24-10-9-11-27(16-24)42-3/h9-11,16,18-21,23,30-32,38H,8,12-15,17,22H2,1-7H3/t23-,30?,31-,32-,38+/m0/s1. The molecule has 0 radical (unpaired) electrons. The van der Waals surface area contributed by atoms with E-state index in [-0.39, 0.29) is 36.7 Å². The number of aryl methyl sites for hydroxylation is 2. The zero-order chi connectivity index (χ0) is 33.2. The number of rotatable bonds is 11. The third-order valence-corrected chi connectivity index (χ3v) is 10.5. The third kappa shape index (κ3) is 6.11. The predicted molar refractivity (Wildman–Crippen MR) is 180 cm³/mol. The number of nitrogens with zero attached hydrogens (tertiary/aromatic N) is 2. The summed E-state index contributed by atoms with van der Waals surface area (Å²) >= 11 is 0. The highest BCUT2D eigenvalue weighted by Gasteiger charge is 2.52. The molecule has 1 unspecified atom stereocenters. The van der Waals surface area contributed by atoms with E-state index in [4.69, 9.17) is 28.4 Å². The molecule has 0 saturated carbocycles. The van der Waals surface area contributed by atoms with Crippen molar-refractivity contribution in [3.05, 3.63) is 76.3 Å². The second kappa shape index (κ2) is 14.0. The number of esters is 1. The molecule has 0 aliphatic carbocycles. The molecule has 3 aliphatic rings. The monoisotopic (exact) mass is 644 g/mol. The lowest BCUT2D eigenvalue weighted by Crippen LogP contribution is -2.66. The first kappa shape index (κ1) is 33.0. The molecule has 3 aromatic carbocycles. The summed E-state index contributed by atoms with van der Waals surface area (Å²) < 4.78 is 34.6. The number of carbonyl (C=O) groups excluding carboxylic acids is 1. The van der Waals surface area contributed by atoms with Gasteiger partial charge in [-0.25, -0.2) is 0 Å². The Morgan fingerprint density at radius 2 is 1.47 bits per heavy atom.